The summed E-state index contributed by atoms with van der Waals surface area (Å²) in [5, 5.41) is 4.87. The second-order valence-electron chi connectivity index (χ2n) is 9.77. The second kappa shape index (κ2) is 12.0. The number of rotatable bonds is 9. The second-order valence-corrected chi connectivity index (χ2v) is 9.77. The molecule has 12 heteroatoms. The van der Waals surface area contributed by atoms with Gasteiger partial charge in [0.05, 0.1) is 11.1 Å². The molecule has 0 spiro atoms. The number of aromatic nitrogens is 1. The van der Waals surface area contributed by atoms with Crippen molar-refractivity contribution in [3.63, 3.8) is 0 Å². The van der Waals surface area contributed by atoms with Crippen LogP contribution in [0, 0.1) is 6.92 Å². The number of carbonyl (C=O) groups excluding carboxylic acids is 2. The molecule has 0 unspecified atom stereocenters. The SMILES string of the molecule is C=C(c1ccc(C(F)(F)F)cc1)N(C)c1ccc(NC(=O)c2cc(CNC(=O)C(C)(C)F)cnc2C(F)F)cc1C. The van der Waals surface area contributed by atoms with Gasteiger partial charge in [0.25, 0.3) is 18.2 Å². The molecule has 6 nitrogen and oxygen atoms in total. The number of nitrogens with zero attached hydrogens (tertiary/aromatic N) is 2. The normalized spacial score (nSPS) is 11.8. The van der Waals surface area contributed by atoms with Crippen LogP contribution >= 0.6 is 0 Å². The molecule has 0 radical (unpaired) electrons. The number of amides is 2. The van der Waals surface area contributed by atoms with E-state index >= 15 is 0 Å². The van der Waals surface area contributed by atoms with Crippen LogP contribution in [0.1, 0.15) is 58.6 Å². The van der Waals surface area contributed by atoms with Gasteiger partial charge < -0.3 is 15.5 Å². The molecule has 41 heavy (non-hydrogen) atoms. The molecule has 2 amide bonds. The van der Waals surface area contributed by atoms with E-state index in [1.165, 1.54) is 18.2 Å². The maximum Gasteiger partial charge on any atom is 0.416 e. The van der Waals surface area contributed by atoms with Crippen LogP contribution in [-0.4, -0.2) is 29.5 Å². The molecule has 1 heterocycles. The number of carbonyl (C=O) groups is 2. The van der Waals surface area contributed by atoms with E-state index < -0.39 is 46.9 Å². The molecule has 0 saturated heterocycles. The topological polar surface area (TPSA) is 74.3 Å². The Morgan fingerprint density at radius 2 is 1.66 bits per heavy atom. The highest BCUT2D eigenvalue weighted by molar-refractivity contribution is 6.05. The van der Waals surface area contributed by atoms with Crippen molar-refractivity contribution < 1.29 is 35.9 Å². The number of hydrogen-bond acceptors (Lipinski definition) is 4. The van der Waals surface area contributed by atoms with Gasteiger partial charge in [-0.25, -0.2) is 13.2 Å². The Bertz CT molecular complexity index is 1450. The molecular formula is C29H28F6N4O2. The zero-order chi connectivity index (χ0) is 30.7. The van der Waals surface area contributed by atoms with E-state index in [4.69, 9.17) is 0 Å². The smallest absolute Gasteiger partial charge is 0.349 e. The van der Waals surface area contributed by atoms with Gasteiger partial charge in [0.1, 0.15) is 5.69 Å². The standard InChI is InChI=1S/C29H28F6N4O2/c1-16-12-21(10-11-23(16)39(5)17(2)19-6-8-20(9-7-19)29(33,34)35)38-26(40)22-13-18(14-36-24(22)25(30)31)15-37-27(41)28(3,4)32/h6-14,25H,2,15H2,1,3-5H3,(H,37,41)(H,38,40). The fourth-order valence-electron chi connectivity index (χ4n) is 3.86. The number of halogens is 6. The first-order valence-corrected chi connectivity index (χ1v) is 12.3. The van der Waals surface area contributed by atoms with E-state index in [1.54, 1.807) is 31.0 Å². The van der Waals surface area contributed by atoms with Crippen LogP contribution in [0.4, 0.5) is 37.7 Å². The van der Waals surface area contributed by atoms with Gasteiger partial charge in [0, 0.05) is 36.9 Å². The van der Waals surface area contributed by atoms with Gasteiger partial charge in [0.2, 0.25) is 0 Å². The summed E-state index contributed by atoms with van der Waals surface area (Å²) in [5.74, 6) is -1.79. The molecule has 2 aromatic carbocycles. The molecule has 0 bridgehead atoms. The molecule has 0 aliphatic rings. The highest BCUT2D eigenvalue weighted by Gasteiger charge is 2.30. The van der Waals surface area contributed by atoms with Crippen LogP contribution in [0.3, 0.4) is 0 Å². The summed E-state index contributed by atoms with van der Waals surface area (Å²) in [5.41, 5.74) is -1.44. The first-order chi connectivity index (χ1) is 19.0. The van der Waals surface area contributed by atoms with Gasteiger partial charge in [-0.15, -0.1) is 0 Å². The van der Waals surface area contributed by atoms with Gasteiger partial charge >= 0.3 is 6.18 Å². The van der Waals surface area contributed by atoms with E-state index in [0.29, 0.717) is 22.5 Å². The number of benzene rings is 2. The molecule has 0 aliphatic carbocycles. The highest BCUT2D eigenvalue weighted by atomic mass is 19.4. The van der Waals surface area contributed by atoms with Crippen molar-refractivity contribution in [2.75, 3.05) is 17.3 Å². The zero-order valence-electron chi connectivity index (χ0n) is 22.7. The van der Waals surface area contributed by atoms with Crippen LogP contribution in [0.25, 0.3) is 5.70 Å². The van der Waals surface area contributed by atoms with Crippen molar-refractivity contribution in [1.82, 2.24) is 10.3 Å². The lowest BCUT2D eigenvalue weighted by Gasteiger charge is -2.25. The largest absolute Gasteiger partial charge is 0.416 e. The zero-order valence-corrected chi connectivity index (χ0v) is 22.7. The van der Waals surface area contributed by atoms with Crippen molar-refractivity contribution in [1.29, 1.82) is 0 Å². The van der Waals surface area contributed by atoms with Crippen molar-refractivity contribution in [3.05, 3.63) is 94.8 Å². The van der Waals surface area contributed by atoms with E-state index in [0.717, 1.165) is 38.2 Å². The maximum absolute atomic E-state index is 13.8. The Hall–Kier alpha value is -4.35. The summed E-state index contributed by atoms with van der Waals surface area (Å²) < 4.78 is 79.6. The van der Waals surface area contributed by atoms with Gasteiger partial charge in [-0.1, -0.05) is 18.7 Å². The Morgan fingerprint density at radius 1 is 1.02 bits per heavy atom. The minimum atomic E-state index is -4.46. The molecule has 2 N–H and O–H groups in total. The summed E-state index contributed by atoms with van der Waals surface area (Å²) in [7, 11) is 1.68. The third-order valence-corrected chi connectivity index (χ3v) is 6.19. The van der Waals surface area contributed by atoms with E-state index in [9.17, 15) is 35.9 Å². The molecule has 218 valence electrons. The molecule has 0 atom stereocenters. The third-order valence-electron chi connectivity index (χ3n) is 6.19. The number of anilines is 2. The van der Waals surface area contributed by atoms with Crippen LogP contribution in [0.2, 0.25) is 0 Å². The van der Waals surface area contributed by atoms with Crippen molar-refractivity contribution >= 4 is 28.9 Å². The maximum atomic E-state index is 13.8. The first-order valence-electron chi connectivity index (χ1n) is 12.3. The molecular weight excluding hydrogens is 550 g/mol. The summed E-state index contributed by atoms with van der Waals surface area (Å²) in [4.78, 5) is 30.1. The number of nitrogens with one attached hydrogen (secondary N) is 2. The van der Waals surface area contributed by atoms with E-state index in [1.807, 2.05) is 0 Å². The molecule has 1 aromatic heterocycles. The Balaban J connectivity index is 1.78. The molecule has 0 fully saturated rings. The summed E-state index contributed by atoms with van der Waals surface area (Å²) in [6, 6.07) is 10.5. The van der Waals surface area contributed by atoms with Crippen molar-refractivity contribution in [2.24, 2.45) is 0 Å². The minimum absolute atomic E-state index is 0.215. The number of alkyl halides is 6. The molecule has 3 aromatic rings. The number of aryl methyl sites for hydroxylation is 1. The van der Waals surface area contributed by atoms with Crippen LogP contribution in [0.15, 0.2) is 61.3 Å². The predicted octanol–water partition coefficient (Wildman–Crippen LogP) is 7.07. The Kier molecular flexibility index (Phi) is 9.15. The summed E-state index contributed by atoms with van der Waals surface area (Å²) in [6.45, 7) is 7.59. The molecule has 3 rings (SSSR count). The summed E-state index contributed by atoms with van der Waals surface area (Å²) in [6.07, 6.45) is -6.45. The quantitative estimate of drug-likeness (QED) is 0.267. The third kappa shape index (κ3) is 7.65. The summed E-state index contributed by atoms with van der Waals surface area (Å²) >= 11 is 0. The first kappa shape index (κ1) is 31.2. The predicted molar refractivity (Wildman–Crippen MR) is 144 cm³/mol. The van der Waals surface area contributed by atoms with Gasteiger partial charge in [-0.05, 0) is 73.9 Å². The van der Waals surface area contributed by atoms with Crippen LogP contribution < -0.4 is 15.5 Å². The monoisotopic (exact) mass is 578 g/mol. The average molecular weight is 579 g/mol. The highest BCUT2D eigenvalue weighted by Crippen LogP contribution is 2.32. The lowest BCUT2D eigenvalue weighted by atomic mass is 10.1. The van der Waals surface area contributed by atoms with Crippen molar-refractivity contribution in [2.45, 2.75) is 45.6 Å². The van der Waals surface area contributed by atoms with Crippen LogP contribution in [0.5, 0.6) is 0 Å². The fraction of sp³-hybridized carbons (Fsp3) is 0.276. The molecule has 0 saturated carbocycles. The Morgan fingerprint density at radius 3 is 2.20 bits per heavy atom. The van der Waals surface area contributed by atoms with Crippen LogP contribution in [-0.2, 0) is 17.5 Å². The number of hydrogen-bond donors (Lipinski definition) is 2. The Labute approximate surface area is 233 Å². The molecule has 0 aliphatic heterocycles. The van der Waals surface area contributed by atoms with E-state index in [-0.39, 0.29) is 17.8 Å². The van der Waals surface area contributed by atoms with Gasteiger partial charge in [-0.3, -0.25) is 14.6 Å². The lowest BCUT2D eigenvalue weighted by Crippen LogP contribution is -2.38. The van der Waals surface area contributed by atoms with Gasteiger partial charge in [0.15, 0.2) is 5.67 Å². The van der Waals surface area contributed by atoms with Crippen molar-refractivity contribution in [3.8, 4) is 0 Å². The van der Waals surface area contributed by atoms with E-state index in [2.05, 4.69) is 22.2 Å². The lowest BCUT2D eigenvalue weighted by molar-refractivity contribution is -0.137. The minimum Gasteiger partial charge on any atom is -0.349 e. The number of pyridine rings is 1. The fourth-order valence-corrected chi connectivity index (χ4v) is 3.86. The average Bonchev–Trinajstić information content (AvgIpc) is 2.89. The van der Waals surface area contributed by atoms with Gasteiger partial charge in [-0.2, -0.15) is 13.2 Å².